The van der Waals surface area contributed by atoms with Crippen molar-refractivity contribution in [2.45, 2.75) is 13.3 Å². The van der Waals surface area contributed by atoms with Crippen LogP contribution in [0.5, 0.6) is 0 Å². The average molecular weight is 247 g/mol. The minimum Gasteiger partial charge on any atom is -0.339 e. The molecule has 0 unspecified atom stereocenters. The zero-order valence-electron chi connectivity index (χ0n) is 10.5. The molecule has 5 nitrogen and oxygen atoms in total. The van der Waals surface area contributed by atoms with E-state index in [-0.39, 0.29) is 11.8 Å². The molecule has 1 aromatic heterocycles. The summed E-state index contributed by atoms with van der Waals surface area (Å²) in [6.07, 6.45) is 3.79. The molecule has 1 aromatic rings. The van der Waals surface area contributed by atoms with E-state index in [2.05, 4.69) is 4.98 Å². The summed E-state index contributed by atoms with van der Waals surface area (Å²) in [4.78, 5) is 30.8. The highest BCUT2D eigenvalue weighted by Gasteiger charge is 2.22. The zero-order chi connectivity index (χ0) is 13.0. The predicted molar refractivity (Wildman–Crippen MR) is 66.8 cm³/mol. The van der Waals surface area contributed by atoms with Gasteiger partial charge in [-0.05, 0) is 11.6 Å². The van der Waals surface area contributed by atoms with E-state index >= 15 is 0 Å². The van der Waals surface area contributed by atoms with Crippen molar-refractivity contribution in [2.75, 3.05) is 26.2 Å². The summed E-state index contributed by atoms with van der Waals surface area (Å²) in [6, 6.07) is 3.73. The summed E-state index contributed by atoms with van der Waals surface area (Å²) in [7, 11) is 0. The Morgan fingerprint density at radius 1 is 1.22 bits per heavy atom. The maximum atomic E-state index is 12.0. The molecule has 1 aliphatic rings. The number of amides is 2. The quantitative estimate of drug-likeness (QED) is 0.756. The van der Waals surface area contributed by atoms with E-state index in [4.69, 9.17) is 0 Å². The number of rotatable bonds is 2. The van der Waals surface area contributed by atoms with Crippen LogP contribution in [-0.4, -0.2) is 52.8 Å². The van der Waals surface area contributed by atoms with E-state index in [9.17, 15) is 9.59 Å². The molecule has 2 amide bonds. The Balaban J connectivity index is 1.86. The van der Waals surface area contributed by atoms with Crippen molar-refractivity contribution in [1.82, 2.24) is 14.8 Å². The molecule has 0 aromatic carbocycles. The summed E-state index contributed by atoms with van der Waals surface area (Å²) in [5.74, 6) is 0.181. The standard InChI is InChI=1S/C13H17N3O2/c1-11(17)15-5-7-16(8-6-15)13(18)9-12-3-2-4-14-10-12/h2-4,10H,5-9H2,1H3. The van der Waals surface area contributed by atoms with Crippen LogP contribution in [0.15, 0.2) is 24.5 Å². The lowest BCUT2D eigenvalue weighted by molar-refractivity contribution is -0.138. The van der Waals surface area contributed by atoms with Crippen molar-refractivity contribution in [3.8, 4) is 0 Å². The van der Waals surface area contributed by atoms with E-state index in [0.717, 1.165) is 5.56 Å². The van der Waals surface area contributed by atoms with Gasteiger partial charge in [0.2, 0.25) is 11.8 Å². The van der Waals surface area contributed by atoms with Crippen LogP contribution in [0.25, 0.3) is 0 Å². The Kier molecular flexibility index (Phi) is 3.92. The lowest BCUT2D eigenvalue weighted by Crippen LogP contribution is -2.50. The molecule has 5 heteroatoms. The van der Waals surface area contributed by atoms with E-state index in [1.165, 1.54) is 0 Å². The third kappa shape index (κ3) is 3.06. The first-order valence-electron chi connectivity index (χ1n) is 6.09. The molecule has 0 N–H and O–H groups in total. The lowest BCUT2D eigenvalue weighted by Gasteiger charge is -2.34. The number of aromatic nitrogens is 1. The molecule has 0 radical (unpaired) electrons. The number of piperazine rings is 1. The van der Waals surface area contributed by atoms with Gasteiger partial charge in [0.25, 0.3) is 0 Å². The van der Waals surface area contributed by atoms with Gasteiger partial charge in [0.1, 0.15) is 0 Å². The lowest BCUT2D eigenvalue weighted by atomic mass is 10.2. The van der Waals surface area contributed by atoms with Gasteiger partial charge in [0.05, 0.1) is 6.42 Å². The van der Waals surface area contributed by atoms with Crippen molar-refractivity contribution in [3.05, 3.63) is 30.1 Å². The van der Waals surface area contributed by atoms with Gasteiger partial charge in [0.15, 0.2) is 0 Å². The minimum absolute atomic E-state index is 0.0781. The Morgan fingerprint density at radius 2 is 1.89 bits per heavy atom. The molecule has 0 saturated carbocycles. The van der Waals surface area contributed by atoms with Gasteiger partial charge in [-0.3, -0.25) is 14.6 Å². The van der Waals surface area contributed by atoms with Crippen molar-refractivity contribution in [1.29, 1.82) is 0 Å². The maximum Gasteiger partial charge on any atom is 0.227 e. The molecule has 2 rings (SSSR count). The van der Waals surface area contributed by atoms with E-state index in [1.54, 1.807) is 24.2 Å². The van der Waals surface area contributed by atoms with Crippen LogP contribution in [0, 0.1) is 0 Å². The fourth-order valence-electron chi connectivity index (χ4n) is 2.06. The van der Waals surface area contributed by atoms with Gasteiger partial charge in [-0.15, -0.1) is 0 Å². The SMILES string of the molecule is CC(=O)N1CCN(C(=O)Cc2cccnc2)CC1. The van der Waals surface area contributed by atoms with E-state index < -0.39 is 0 Å². The van der Waals surface area contributed by atoms with E-state index in [0.29, 0.717) is 32.6 Å². The molecule has 1 aliphatic heterocycles. The first kappa shape index (κ1) is 12.5. The van der Waals surface area contributed by atoms with Crippen LogP contribution in [0.4, 0.5) is 0 Å². The normalized spacial score (nSPS) is 15.6. The van der Waals surface area contributed by atoms with Gasteiger partial charge < -0.3 is 9.80 Å². The van der Waals surface area contributed by atoms with Crippen LogP contribution in [0.3, 0.4) is 0 Å². The Hall–Kier alpha value is -1.91. The second-order valence-electron chi connectivity index (χ2n) is 4.42. The van der Waals surface area contributed by atoms with Crippen LogP contribution >= 0.6 is 0 Å². The molecular formula is C13H17N3O2. The number of pyridine rings is 1. The van der Waals surface area contributed by atoms with Crippen LogP contribution in [0.2, 0.25) is 0 Å². The average Bonchev–Trinajstić information content (AvgIpc) is 2.40. The number of hydrogen-bond donors (Lipinski definition) is 0. The largest absolute Gasteiger partial charge is 0.339 e. The topological polar surface area (TPSA) is 53.5 Å². The van der Waals surface area contributed by atoms with Gasteiger partial charge >= 0.3 is 0 Å². The molecule has 2 heterocycles. The number of carbonyl (C=O) groups is 2. The van der Waals surface area contributed by atoms with Crippen molar-refractivity contribution in [2.24, 2.45) is 0 Å². The van der Waals surface area contributed by atoms with Gasteiger partial charge in [-0.1, -0.05) is 6.07 Å². The highest BCUT2D eigenvalue weighted by Crippen LogP contribution is 2.06. The highest BCUT2D eigenvalue weighted by atomic mass is 16.2. The first-order valence-corrected chi connectivity index (χ1v) is 6.09. The molecule has 18 heavy (non-hydrogen) atoms. The fourth-order valence-corrected chi connectivity index (χ4v) is 2.06. The maximum absolute atomic E-state index is 12.0. The third-order valence-electron chi connectivity index (χ3n) is 3.16. The smallest absolute Gasteiger partial charge is 0.227 e. The minimum atomic E-state index is 0.0781. The summed E-state index contributed by atoms with van der Waals surface area (Å²) in [6.45, 7) is 4.08. The van der Waals surface area contributed by atoms with Crippen LogP contribution in [0.1, 0.15) is 12.5 Å². The van der Waals surface area contributed by atoms with Crippen molar-refractivity contribution < 1.29 is 9.59 Å². The summed E-state index contributed by atoms with van der Waals surface area (Å²) >= 11 is 0. The first-order chi connectivity index (χ1) is 8.66. The van der Waals surface area contributed by atoms with Gasteiger partial charge in [-0.25, -0.2) is 0 Å². The van der Waals surface area contributed by atoms with Crippen molar-refractivity contribution in [3.63, 3.8) is 0 Å². The Morgan fingerprint density at radius 3 is 2.44 bits per heavy atom. The molecule has 0 spiro atoms. The molecule has 0 bridgehead atoms. The molecular weight excluding hydrogens is 230 g/mol. The molecule has 0 atom stereocenters. The van der Waals surface area contributed by atoms with Gasteiger partial charge in [-0.2, -0.15) is 0 Å². The zero-order valence-corrected chi connectivity index (χ0v) is 10.5. The summed E-state index contributed by atoms with van der Waals surface area (Å²) in [5.41, 5.74) is 0.927. The number of hydrogen-bond acceptors (Lipinski definition) is 3. The van der Waals surface area contributed by atoms with Gasteiger partial charge in [0, 0.05) is 45.5 Å². The number of nitrogens with zero attached hydrogens (tertiary/aromatic N) is 3. The molecule has 96 valence electrons. The van der Waals surface area contributed by atoms with Crippen LogP contribution < -0.4 is 0 Å². The Bertz CT molecular complexity index is 425. The monoisotopic (exact) mass is 247 g/mol. The molecule has 0 aliphatic carbocycles. The van der Waals surface area contributed by atoms with Crippen LogP contribution in [-0.2, 0) is 16.0 Å². The highest BCUT2D eigenvalue weighted by molar-refractivity contribution is 5.79. The summed E-state index contributed by atoms with van der Waals surface area (Å²) in [5, 5.41) is 0. The predicted octanol–water partition coefficient (Wildman–Crippen LogP) is 0.315. The summed E-state index contributed by atoms with van der Waals surface area (Å²) < 4.78 is 0. The van der Waals surface area contributed by atoms with Crippen molar-refractivity contribution >= 4 is 11.8 Å². The molecule has 1 fully saturated rings. The third-order valence-corrected chi connectivity index (χ3v) is 3.16. The second-order valence-corrected chi connectivity index (χ2v) is 4.42. The van der Waals surface area contributed by atoms with E-state index in [1.807, 2.05) is 17.0 Å². The second kappa shape index (κ2) is 5.62. The number of carbonyl (C=O) groups excluding carboxylic acids is 2. The Labute approximate surface area is 106 Å². The fraction of sp³-hybridized carbons (Fsp3) is 0.462. The molecule has 1 saturated heterocycles.